The molecule has 0 atom stereocenters. The number of anilines is 2. The highest BCUT2D eigenvalue weighted by Gasteiger charge is 2.17. The molecule has 19 heavy (non-hydrogen) atoms. The van der Waals surface area contributed by atoms with E-state index in [2.05, 4.69) is 4.98 Å². The fraction of sp³-hybridized carbons (Fsp3) is 0.143. The van der Waals surface area contributed by atoms with E-state index < -0.39 is 0 Å². The Kier molecular flexibility index (Phi) is 3.75. The summed E-state index contributed by atoms with van der Waals surface area (Å²) in [4.78, 5) is 17.8. The van der Waals surface area contributed by atoms with E-state index in [1.807, 2.05) is 6.92 Å². The quantitative estimate of drug-likeness (QED) is 0.921. The molecule has 0 aliphatic heterocycles. The molecule has 0 saturated heterocycles. The number of amides is 1. The van der Waals surface area contributed by atoms with Crippen LogP contribution in [-0.4, -0.2) is 17.4 Å². The number of rotatable bonds is 3. The van der Waals surface area contributed by atoms with E-state index in [0.717, 1.165) is 0 Å². The molecule has 98 valence electrons. The molecule has 1 amide bonds. The molecule has 0 fully saturated rings. The molecule has 0 saturated carbocycles. The molecule has 5 heteroatoms. The summed E-state index contributed by atoms with van der Waals surface area (Å²) < 4.78 is 13.2. The molecule has 4 nitrogen and oxygen atoms in total. The van der Waals surface area contributed by atoms with Gasteiger partial charge in [-0.1, -0.05) is 12.1 Å². The van der Waals surface area contributed by atoms with Gasteiger partial charge in [-0.05, 0) is 37.3 Å². The predicted molar refractivity (Wildman–Crippen MR) is 72.4 cm³/mol. The summed E-state index contributed by atoms with van der Waals surface area (Å²) in [6.45, 7) is 2.23. The van der Waals surface area contributed by atoms with Gasteiger partial charge in [-0.3, -0.25) is 4.79 Å². The van der Waals surface area contributed by atoms with Gasteiger partial charge in [-0.15, -0.1) is 0 Å². The first-order valence-electron chi connectivity index (χ1n) is 5.91. The largest absolute Gasteiger partial charge is 0.384 e. The van der Waals surface area contributed by atoms with Crippen molar-refractivity contribution in [3.63, 3.8) is 0 Å². The third-order valence-corrected chi connectivity index (χ3v) is 2.67. The zero-order chi connectivity index (χ0) is 13.8. The second kappa shape index (κ2) is 5.48. The Labute approximate surface area is 110 Å². The van der Waals surface area contributed by atoms with E-state index in [4.69, 9.17) is 5.73 Å². The average molecular weight is 259 g/mol. The zero-order valence-electron chi connectivity index (χ0n) is 10.5. The number of halogens is 1. The number of nitrogens with zero attached hydrogens (tertiary/aromatic N) is 2. The molecule has 2 rings (SSSR count). The van der Waals surface area contributed by atoms with Crippen molar-refractivity contribution < 1.29 is 9.18 Å². The number of hydrogen-bond acceptors (Lipinski definition) is 3. The molecule has 0 unspecified atom stereocenters. The first kappa shape index (κ1) is 13.0. The van der Waals surface area contributed by atoms with Crippen molar-refractivity contribution in [1.82, 2.24) is 4.98 Å². The molecule has 2 aromatic rings. The fourth-order valence-electron chi connectivity index (χ4n) is 1.80. The lowest BCUT2D eigenvalue weighted by Gasteiger charge is -2.20. The Hall–Kier alpha value is -2.43. The van der Waals surface area contributed by atoms with E-state index in [1.54, 1.807) is 30.3 Å². The average Bonchev–Trinajstić information content (AvgIpc) is 2.39. The van der Waals surface area contributed by atoms with Crippen LogP contribution in [0, 0.1) is 5.82 Å². The van der Waals surface area contributed by atoms with Crippen molar-refractivity contribution in [2.24, 2.45) is 0 Å². The van der Waals surface area contributed by atoms with Crippen LogP contribution in [0.2, 0.25) is 0 Å². The molecule has 2 N–H and O–H groups in total. The molecular weight excluding hydrogens is 245 g/mol. The van der Waals surface area contributed by atoms with Gasteiger partial charge in [-0.2, -0.15) is 0 Å². The van der Waals surface area contributed by atoms with Crippen LogP contribution in [0.15, 0.2) is 42.5 Å². The van der Waals surface area contributed by atoms with Gasteiger partial charge in [0, 0.05) is 12.2 Å². The van der Waals surface area contributed by atoms with Crippen LogP contribution in [0.1, 0.15) is 17.4 Å². The summed E-state index contributed by atoms with van der Waals surface area (Å²) in [6, 6.07) is 10.7. The van der Waals surface area contributed by atoms with Crippen molar-refractivity contribution in [2.45, 2.75) is 6.92 Å². The highest BCUT2D eigenvalue weighted by Crippen LogP contribution is 2.17. The lowest BCUT2D eigenvalue weighted by molar-refractivity contribution is 0.0983. The monoisotopic (exact) mass is 259 g/mol. The molecule has 0 spiro atoms. The fourth-order valence-corrected chi connectivity index (χ4v) is 1.80. The number of carbonyl (C=O) groups excluding carboxylic acids is 1. The van der Waals surface area contributed by atoms with Gasteiger partial charge in [0.25, 0.3) is 5.91 Å². The van der Waals surface area contributed by atoms with Crippen LogP contribution in [0.5, 0.6) is 0 Å². The van der Waals surface area contributed by atoms with Gasteiger partial charge < -0.3 is 10.6 Å². The maximum atomic E-state index is 13.2. The highest BCUT2D eigenvalue weighted by molar-refractivity contribution is 6.04. The first-order chi connectivity index (χ1) is 9.11. The van der Waals surface area contributed by atoms with Gasteiger partial charge >= 0.3 is 0 Å². The Morgan fingerprint density at radius 2 is 2.05 bits per heavy atom. The summed E-state index contributed by atoms with van der Waals surface area (Å²) in [6.07, 6.45) is 0. The predicted octanol–water partition coefficient (Wildman–Crippen LogP) is 2.47. The van der Waals surface area contributed by atoms with Crippen molar-refractivity contribution in [3.8, 4) is 0 Å². The lowest BCUT2D eigenvalue weighted by Crippen LogP contribution is -2.31. The molecule has 1 heterocycles. The van der Waals surface area contributed by atoms with E-state index >= 15 is 0 Å². The minimum absolute atomic E-state index is 0.242. The van der Waals surface area contributed by atoms with Gasteiger partial charge in [0.15, 0.2) is 0 Å². The second-order valence-electron chi connectivity index (χ2n) is 3.98. The number of nitrogens with two attached hydrogens (primary N) is 1. The first-order valence-corrected chi connectivity index (χ1v) is 5.91. The Bertz CT molecular complexity index is 601. The van der Waals surface area contributed by atoms with Crippen LogP contribution in [0.25, 0.3) is 0 Å². The van der Waals surface area contributed by atoms with Crippen molar-refractivity contribution in [3.05, 3.63) is 54.0 Å². The van der Waals surface area contributed by atoms with Crippen LogP contribution < -0.4 is 10.6 Å². The normalized spacial score (nSPS) is 10.2. The third-order valence-electron chi connectivity index (χ3n) is 2.67. The summed E-state index contributed by atoms with van der Waals surface area (Å²) in [5, 5.41) is 0. The number of benzene rings is 1. The number of carbonyl (C=O) groups is 1. The second-order valence-corrected chi connectivity index (χ2v) is 3.98. The zero-order valence-corrected chi connectivity index (χ0v) is 10.5. The highest BCUT2D eigenvalue weighted by atomic mass is 19.1. The Balaban J connectivity index is 2.34. The Morgan fingerprint density at radius 1 is 1.32 bits per heavy atom. The minimum Gasteiger partial charge on any atom is -0.384 e. The van der Waals surface area contributed by atoms with Gasteiger partial charge in [0.05, 0.1) is 0 Å². The van der Waals surface area contributed by atoms with Crippen LogP contribution in [-0.2, 0) is 0 Å². The summed E-state index contributed by atoms with van der Waals surface area (Å²) >= 11 is 0. The molecule has 1 aromatic carbocycles. The van der Waals surface area contributed by atoms with E-state index in [9.17, 15) is 9.18 Å². The van der Waals surface area contributed by atoms with Crippen LogP contribution in [0.4, 0.5) is 15.9 Å². The number of pyridine rings is 1. The van der Waals surface area contributed by atoms with Gasteiger partial charge in [0.1, 0.15) is 17.3 Å². The van der Waals surface area contributed by atoms with Crippen molar-refractivity contribution in [1.29, 1.82) is 0 Å². The minimum atomic E-state index is -0.385. The lowest BCUT2D eigenvalue weighted by atomic mass is 10.2. The maximum Gasteiger partial charge on any atom is 0.276 e. The molecule has 0 aliphatic carbocycles. The van der Waals surface area contributed by atoms with Gasteiger partial charge in [0.2, 0.25) is 0 Å². The SMILES string of the molecule is CCN(C(=O)c1cccc(N)n1)c1cccc(F)c1. The van der Waals surface area contributed by atoms with Crippen LogP contribution in [0.3, 0.4) is 0 Å². The molecule has 1 aromatic heterocycles. The molecule has 0 aliphatic rings. The summed E-state index contributed by atoms with van der Waals surface area (Å²) in [5.74, 6) is -0.411. The van der Waals surface area contributed by atoms with E-state index in [0.29, 0.717) is 12.2 Å². The summed E-state index contributed by atoms with van der Waals surface area (Å²) in [5.41, 5.74) is 6.30. The third kappa shape index (κ3) is 2.88. The van der Waals surface area contributed by atoms with E-state index in [1.165, 1.54) is 17.0 Å². The smallest absolute Gasteiger partial charge is 0.276 e. The van der Waals surface area contributed by atoms with Crippen molar-refractivity contribution >= 4 is 17.4 Å². The molecule has 0 bridgehead atoms. The number of nitrogen functional groups attached to an aromatic ring is 1. The van der Waals surface area contributed by atoms with E-state index in [-0.39, 0.29) is 23.2 Å². The van der Waals surface area contributed by atoms with Crippen molar-refractivity contribution in [2.75, 3.05) is 17.2 Å². The standard InChI is InChI=1S/C14H14FN3O/c1-2-18(11-6-3-5-10(15)9-11)14(19)12-7-4-8-13(16)17-12/h3-9H,2H2,1H3,(H2,16,17). The molecule has 0 radical (unpaired) electrons. The Morgan fingerprint density at radius 3 is 2.68 bits per heavy atom. The number of hydrogen-bond donors (Lipinski definition) is 1. The topological polar surface area (TPSA) is 59.2 Å². The number of aromatic nitrogens is 1. The van der Waals surface area contributed by atoms with Crippen LogP contribution >= 0.6 is 0 Å². The maximum absolute atomic E-state index is 13.2. The molecular formula is C14H14FN3O. The van der Waals surface area contributed by atoms with Gasteiger partial charge in [-0.25, -0.2) is 9.37 Å². The summed E-state index contributed by atoms with van der Waals surface area (Å²) in [7, 11) is 0.